The summed E-state index contributed by atoms with van der Waals surface area (Å²) < 4.78 is 0. The molecule has 0 fully saturated rings. The van der Waals surface area contributed by atoms with Crippen molar-refractivity contribution in [1.82, 2.24) is 9.97 Å². The molecule has 0 aliphatic rings. The maximum Gasteiger partial charge on any atom is 0.170 e. The molecule has 0 atom stereocenters. The van der Waals surface area contributed by atoms with Gasteiger partial charge in [-0.05, 0) is 30.0 Å². The summed E-state index contributed by atoms with van der Waals surface area (Å²) in [6.07, 6.45) is 1.61. The predicted octanol–water partition coefficient (Wildman–Crippen LogP) is 2.39. The summed E-state index contributed by atoms with van der Waals surface area (Å²) in [5.41, 5.74) is 1.55. The smallest absolute Gasteiger partial charge is 0.170 e. The number of aromatic nitrogens is 2. The molecule has 0 saturated carbocycles. The van der Waals surface area contributed by atoms with Crippen molar-refractivity contribution in [3.63, 3.8) is 0 Å². The standard InChI is InChI=1S/C10H7N3S/c1-7-3-5-14-9(7)10-12-4-2-8(6-11)13-10/h2-5H,1H3. The van der Waals surface area contributed by atoms with Gasteiger partial charge in [-0.25, -0.2) is 9.97 Å². The average molecular weight is 201 g/mol. The van der Waals surface area contributed by atoms with Crippen molar-refractivity contribution < 1.29 is 0 Å². The van der Waals surface area contributed by atoms with E-state index in [0.717, 1.165) is 10.4 Å². The molecule has 0 unspecified atom stereocenters. The lowest BCUT2D eigenvalue weighted by Gasteiger charge is -1.97. The zero-order valence-electron chi connectivity index (χ0n) is 7.56. The Balaban J connectivity index is 2.53. The fraction of sp³-hybridized carbons (Fsp3) is 0.100. The van der Waals surface area contributed by atoms with E-state index in [-0.39, 0.29) is 0 Å². The molecular formula is C10H7N3S. The highest BCUT2D eigenvalue weighted by Crippen LogP contribution is 2.25. The molecule has 4 heteroatoms. The monoisotopic (exact) mass is 201 g/mol. The topological polar surface area (TPSA) is 49.6 Å². The number of rotatable bonds is 1. The summed E-state index contributed by atoms with van der Waals surface area (Å²) in [6.45, 7) is 2.01. The van der Waals surface area contributed by atoms with Crippen LogP contribution in [0.4, 0.5) is 0 Å². The van der Waals surface area contributed by atoms with Crippen molar-refractivity contribution in [2.45, 2.75) is 6.92 Å². The van der Waals surface area contributed by atoms with Crippen LogP contribution in [0.5, 0.6) is 0 Å². The van der Waals surface area contributed by atoms with Crippen LogP contribution in [0.2, 0.25) is 0 Å². The number of nitrogens with zero attached hydrogens (tertiary/aromatic N) is 3. The molecule has 3 nitrogen and oxygen atoms in total. The van der Waals surface area contributed by atoms with Crippen LogP contribution in [0.3, 0.4) is 0 Å². The van der Waals surface area contributed by atoms with Gasteiger partial charge in [-0.2, -0.15) is 5.26 Å². The molecule has 68 valence electrons. The summed E-state index contributed by atoms with van der Waals surface area (Å²) in [5.74, 6) is 0.636. The Morgan fingerprint density at radius 2 is 2.29 bits per heavy atom. The summed E-state index contributed by atoms with van der Waals surface area (Å²) in [5, 5.41) is 10.7. The molecule has 2 aromatic heterocycles. The van der Waals surface area contributed by atoms with Crippen LogP contribution >= 0.6 is 11.3 Å². The second kappa shape index (κ2) is 3.56. The van der Waals surface area contributed by atoms with Gasteiger partial charge < -0.3 is 0 Å². The molecule has 0 aromatic carbocycles. The minimum Gasteiger partial charge on any atom is -0.236 e. The van der Waals surface area contributed by atoms with Crippen LogP contribution in [0.25, 0.3) is 10.7 Å². The number of hydrogen-bond donors (Lipinski definition) is 0. The van der Waals surface area contributed by atoms with Crippen LogP contribution in [-0.2, 0) is 0 Å². The second-order valence-electron chi connectivity index (χ2n) is 2.81. The van der Waals surface area contributed by atoms with Gasteiger partial charge in [-0.15, -0.1) is 11.3 Å². The molecule has 0 aliphatic carbocycles. The summed E-state index contributed by atoms with van der Waals surface area (Å²) >= 11 is 1.59. The first kappa shape index (κ1) is 8.85. The van der Waals surface area contributed by atoms with Gasteiger partial charge in [0.15, 0.2) is 5.82 Å². The van der Waals surface area contributed by atoms with Gasteiger partial charge in [0.05, 0.1) is 4.88 Å². The SMILES string of the molecule is Cc1ccsc1-c1nccc(C#N)n1. The molecule has 0 aliphatic heterocycles. The number of thiophene rings is 1. The molecule has 0 spiro atoms. The summed E-state index contributed by atoms with van der Waals surface area (Å²) in [6, 6.07) is 5.62. The molecule has 2 heterocycles. The molecular weight excluding hydrogens is 194 g/mol. The fourth-order valence-corrected chi connectivity index (χ4v) is 2.00. The van der Waals surface area contributed by atoms with E-state index in [2.05, 4.69) is 9.97 Å². The maximum absolute atomic E-state index is 8.69. The van der Waals surface area contributed by atoms with Crippen molar-refractivity contribution in [1.29, 1.82) is 5.26 Å². The van der Waals surface area contributed by atoms with Crippen LogP contribution < -0.4 is 0 Å². The Morgan fingerprint density at radius 3 is 2.93 bits per heavy atom. The molecule has 0 saturated heterocycles. The van der Waals surface area contributed by atoms with Gasteiger partial charge in [0.1, 0.15) is 11.8 Å². The molecule has 2 rings (SSSR count). The first-order valence-electron chi connectivity index (χ1n) is 4.09. The van der Waals surface area contributed by atoms with Crippen molar-refractivity contribution in [3.8, 4) is 16.8 Å². The lowest BCUT2D eigenvalue weighted by Crippen LogP contribution is -1.90. The Bertz CT molecular complexity index is 496. The van der Waals surface area contributed by atoms with E-state index in [1.165, 1.54) is 0 Å². The van der Waals surface area contributed by atoms with E-state index in [0.29, 0.717) is 11.5 Å². The maximum atomic E-state index is 8.69. The van der Waals surface area contributed by atoms with E-state index in [1.54, 1.807) is 23.6 Å². The number of nitriles is 1. The Morgan fingerprint density at radius 1 is 1.43 bits per heavy atom. The molecule has 14 heavy (non-hydrogen) atoms. The molecule has 0 radical (unpaired) electrons. The molecule has 0 amide bonds. The summed E-state index contributed by atoms with van der Waals surface area (Å²) in [4.78, 5) is 9.30. The number of hydrogen-bond acceptors (Lipinski definition) is 4. The van der Waals surface area contributed by atoms with Gasteiger partial charge in [-0.1, -0.05) is 0 Å². The minimum atomic E-state index is 0.405. The van der Waals surface area contributed by atoms with Gasteiger partial charge in [0.2, 0.25) is 0 Å². The van der Waals surface area contributed by atoms with E-state index < -0.39 is 0 Å². The normalized spacial score (nSPS) is 9.71. The Labute approximate surface area is 85.7 Å². The van der Waals surface area contributed by atoms with Crippen LogP contribution in [0.1, 0.15) is 11.3 Å². The highest BCUT2D eigenvalue weighted by molar-refractivity contribution is 7.13. The average Bonchev–Trinajstić information content (AvgIpc) is 2.65. The van der Waals surface area contributed by atoms with Gasteiger partial charge in [-0.3, -0.25) is 0 Å². The van der Waals surface area contributed by atoms with Crippen molar-refractivity contribution >= 4 is 11.3 Å². The predicted molar refractivity (Wildman–Crippen MR) is 54.8 cm³/mol. The Hall–Kier alpha value is -1.73. The third-order valence-electron chi connectivity index (χ3n) is 1.84. The zero-order chi connectivity index (χ0) is 9.97. The van der Waals surface area contributed by atoms with E-state index in [9.17, 15) is 0 Å². The highest BCUT2D eigenvalue weighted by Gasteiger charge is 2.06. The third kappa shape index (κ3) is 1.50. The summed E-state index contributed by atoms with van der Waals surface area (Å²) in [7, 11) is 0. The Kier molecular flexibility index (Phi) is 2.25. The number of aryl methyl sites for hydroxylation is 1. The van der Waals surface area contributed by atoms with Gasteiger partial charge in [0, 0.05) is 6.20 Å². The van der Waals surface area contributed by atoms with Crippen LogP contribution in [-0.4, -0.2) is 9.97 Å². The minimum absolute atomic E-state index is 0.405. The van der Waals surface area contributed by atoms with E-state index >= 15 is 0 Å². The zero-order valence-corrected chi connectivity index (χ0v) is 8.38. The second-order valence-corrected chi connectivity index (χ2v) is 3.73. The van der Waals surface area contributed by atoms with Crippen LogP contribution in [0.15, 0.2) is 23.7 Å². The van der Waals surface area contributed by atoms with Crippen molar-refractivity contribution in [2.24, 2.45) is 0 Å². The van der Waals surface area contributed by atoms with Crippen molar-refractivity contribution in [2.75, 3.05) is 0 Å². The fourth-order valence-electron chi connectivity index (χ4n) is 1.13. The lowest BCUT2D eigenvalue weighted by atomic mass is 10.3. The van der Waals surface area contributed by atoms with E-state index in [4.69, 9.17) is 5.26 Å². The van der Waals surface area contributed by atoms with Crippen molar-refractivity contribution in [3.05, 3.63) is 35.0 Å². The quantitative estimate of drug-likeness (QED) is 0.711. The first-order chi connectivity index (χ1) is 6.81. The van der Waals surface area contributed by atoms with Gasteiger partial charge >= 0.3 is 0 Å². The highest BCUT2D eigenvalue weighted by atomic mass is 32.1. The van der Waals surface area contributed by atoms with Crippen LogP contribution in [0, 0.1) is 18.3 Å². The largest absolute Gasteiger partial charge is 0.236 e. The lowest BCUT2D eigenvalue weighted by molar-refractivity contribution is 1.15. The molecule has 2 aromatic rings. The molecule has 0 bridgehead atoms. The van der Waals surface area contributed by atoms with Gasteiger partial charge in [0.25, 0.3) is 0 Å². The molecule has 0 N–H and O–H groups in total. The third-order valence-corrected chi connectivity index (χ3v) is 2.85. The van der Waals surface area contributed by atoms with E-state index in [1.807, 2.05) is 24.4 Å². The first-order valence-corrected chi connectivity index (χ1v) is 4.97.